The molecule has 2 rings (SSSR count). The molecule has 6 heteroatoms. The van der Waals surface area contributed by atoms with Gasteiger partial charge in [-0.15, -0.1) is 0 Å². The first kappa shape index (κ1) is 15.5. The van der Waals surface area contributed by atoms with E-state index < -0.39 is 0 Å². The number of ether oxygens (including phenoxy) is 2. The minimum atomic E-state index is 0.108. The van der Waals surface area contributed by atoms with Gasteiger partial charge in [-0.2, -0.15) is 0 Å². The lowest BCUT2D eigenvalue weighted by molar-refractivity contribution is -0.0101. The van der Waals surface area contributed by atoms with Gasteiger partial charge in [0.1, 0.15) is 5.15 Å². The molecule has 1 unspecified atom stereocenters. The number of methoxy groups -OCH3 is 1. The summed E-state index contributed by atoms with van der Waals surface area (Å²) in [5, 5.41) is 0.535. The zero-order chi connectivity index (χ0) is 14.5. The van der Waals surface area contributed by atoms with Crippen LogP contribution in [-0.4, -0.2) is 63.5 Å². The standard InChI is InChI=1S/C14H22ClN3O2/c1-17(2)9-12-13(4-5-14(15)16-12)18-6-7-20-11(8-18)10-19-3/h4-5,11H,6-10H2,1-3H3. The van der Waals surface area contributed by atoms with Crippen LogP contribution in [0.15, 0.2) is 12.1 Å². The lowest BCUT2D eigenvalue weighted by Gasteiger charge is -2.35. The van der Waals surface area contributed by atoms with E-state index in [2.05, 4.69) is 14.8 Å². The first-order chi connectivity index (χ1) is 9.60. The number of aromatic nitrogens is 1. The molecule has 1 fully saturated rings. The number of hydrogen-bond donors (Lipinski definition) is 0. The second kappa shape index (κ2) is 7.22. The molecule has 0 radical (unpaired) electrons. The Bertz CT molecular complexity index is 440. The summed E-state index contributed by atoms with van der Waals surface area (Å²) in [6, 6.07) is 3.89. The molecule has 2 heterocycles. The molecule has 0 bridgehead atoms. The summed E-state index contributed by atoms with van der Waals surface area (Å²) in [6.45, 7) is 3.77. The van der Waals surface area contributed by atoms with E-state index in [1.54, 1.807) is 7.11 Å². The Balaban J connectivity index is 2.18. The van der Waals surface area contributed by atoms with Crippen LogP contribution >= 0.6 is 11.6 Å². The van der Waals surface area contributed by atoms with Gasteiger partial charge < -0.3 is 19.3 Å². The van der Waals surface area contributed by atoms with Crippen LogP contribution in [0.25, 0.3) is 0 Å². The molecular weight excluding hydrogens is 278 g/mol. The molecule has 1 saturated heterocycles. The Morgan fingerprint density at radius 3 is 3.00 bits per heavy atom. The first-order valence-electron chi connectivity index (χ1n) is 6.75. The second-order valence-corrected chi connectivity index (χ2v) is 5.62. The highest BCUT2D eigenvalue weighted by molar-refractivity contribution is 6.29. The summed E-state index contributed by atoms with van der Waals surface area (Å²) < 4.78 is 10.9. The first-order valence-corrected chi connectivity index (χ1v) is 7.13. The molecule has 20 heavy (non-hydrogen) atoms. The maximum atomic E-state index is 6.02. The lowest BCUT2D eigenvalue weighted by atomic mass is 10.2. The van der Waals surface area contributed by atoms with Crippen molar-refractivity contribution >= 4 is 17.3 Å². The molecule has 1 aliphatic rings. The fourth-order valence-electron chi connectivity index (χ4n) is 2.40. The third kappa shape index (κ3) is 4.06. The average Bonchev–Trinajstić information content (AvgIpc) is 2.39. The van der Waals surface area contributed by atoms with Crippen molar-refractivity contribution in [3.63, 3.8) is 0 Å². The van der Waals surface area contributed by atoms with E-state index in [-0.39, 0.29) is 6.10 Å². The minimum Gasteiger partial charge on any atom is -0.382 e. The fourth-order valence-corrected chi connectivity index (χ4v) is 2.56. The molecule has 1 aliphatic heterocycles. The summed E-state index contributed by atoms with van der Waals surface area (Å²) >= 11 is 6.02. The van der Waals surface area contributed by atoms with Crippen molar-refractivity contribution in [2.24, 2.45) is 0 Å². The molecule has 0 N–H and O–H groups in total. The number of morpholine rings is 1. The van der Waals surface area contributed by atoms with E-state index in [1.807, 2.05) is 26.2 Å². The topological polar surface area (TPSA) is 37.8 Å². The van der Waals surface area contributed by atoms with E-state index in [1.165, 1.54) is 0 Å². The summed E-state index contributed by atoms with van der Waals surface area (Å²) in [5.41, 5.74) is 2.13. The van der Waals surface area contributed by atoms with Gasteiger partial charge in [-0.25, -0.2) is 4.98 Å². The van der Waals surface area contributed by atoms with Gasteiger partial charge in [0.25, 0.3) is 0 Å². The van der Waals surface area contributed by atoms with E-state index in [4.69, 9.17) is 21.1 Å². The summed E-state index contributed by atoms with van der Waals surface area (Å²) in [6.07, 6.45) is 0.108. The van der Waals surface area contributed by atoms with Crippen molar-refractivity contribution in [1.29, 1.82) is 0 Å². The van der Waals surface area contributed by atoms with E-state index >= 15 is 0 Å². The molecule has 1 aromatic heterocycles. The third-order valence-corrected chi connectivity index (χ3v) is 3.42. The predicted molar refractivity (Wildman–Crippen MR) is 80.5 cm³/mol. The Labute approximate surface area is 125 Å². The quantitative estimate of drug-likeness (QED) is 0.773. The molecular formula is C14H22ClN3O2. The van der Waals surface area contributed by atoms with Crippen molar-refractivity contribution in [3.8, 4) is 0 Å². The maximum Gasteiger partial charge on any atom is 0.129 e. The normalized spacial score (nSPS) is 19.6. The largest absolute Gasteiger partial charge is 0.382 e. The Morgan fingerprint density at radius 1 is 1.50 bits per heavy atom. The van der Waals surface area contributed by atoms with Gasteiger partial charge in [-0.1, -0.05) is 11.6 Å². The molecule has 1 aromatic rings. The number of rotatable bonds is 5. The smallest absolute Gasteiger partial charge is 0.129 e. The molecule has 0 spiro atoms. The molecule has 5 nitrogen and oxygen atoms in total. The molecule has 1 atom stereocenters. The molecule has 0 aliphatic carbocycles. The van der Waals surface area contributed by atoms with E-state index in [0.29, 0.717) is 18.4 Å². The third-order valence-electron chi connectivity index (χ3n) is 3.21. The molecule has 0 saturated carbocycles. The van der Waals surface area contributed by atoms with Gasteiger partial charge in [0.2, 0.25) is 0 Å². The molecule has 112 valence electrons. The monoisotopic (exact) mass is 299 g/mol. The van der Waals surface area contributed by atoms with Crippen molar-refractivity contribution in [2.45, 2.75) is 12.6 Å². The van der Waals surface area contributed by atoms with Gasteiger partial charge in [0, 0.05) is 26.7 Å². The van der Waals surface area contributed by atoms with Crippen LogP contribution in [0.3, 0.4) is 0 Å². The van der Waals surface area contributed by atoms with Crippen LogP contribution in [0.5, 0.6) is 0 Å². The highest BCUT2D eigenvalue weighted by atomic mass is 35.5. The van der Waals surface area contributed by atoms with Gasteiger partial charge in [-0.3, -0.25) is 0 Å². The van der Waals surface area contributed by atoms with Gasteiger partial charge in [0.05, 0.1) is 30.7 Å². The SMILES string of the molecule is COCC1CN(c2ccc(Cl)nc2CN(C)C)CCO1. The van der Waals surface area contributed by atoms with Crippen LogP contribution < -0.4 is 4.90 Å². The lowest BCUT2D eigenvalue weighted by Crippen LogP contribution is -2.45. The van der Waals surface area contributed by atoms with Crippen LogP contribution in [0.2, 0.25) is 5.15 Å². The Hall–Kier alpha value is -0.880. The Kier molecular flexibility index (Phi) is 5.60. The van der Waals surface area contributed by atoms with Crippen molar-refractivity contribution in [2.75, 3.05) is 52.4 Å². The average molecular weight is 300 g/mol. The van der Waals surface area contributed by atoms with Crippen LogP contribution in [0.1, 0.15) is 5.69 Å². The number of hydrogen-bond acceptors (Lipinski definition) is 5. The van der Waals surface area contributed by atoms with E-state index in [0.717, 1.165) is 31.0 Å². The minimum absolute atomic E-state index is 0.108. The van der Waals surface area contributed by atoms with Crippen LogP contribution in [0.4, 0.5) is 5.69 Å². The van der Waals surface area contributed by atoms with E-state index in [9.17, 15) is 0 Å². The number of anilines is 1. The van der Waals surface area contributed by atoms with Crippen molar-refractivity contribution < 1.29 is 9.47 Å². The number of nitrogens with zero attached hydrogens (tertiary/aromatic N) is 3. The highest BCUT2D eigenvalue weighted by Gasteiger charge is 2.23. The number of halogens is 1. The maximum absolute atomic E-state index is 6.02. The Morgan fingerprint density at radius 2 is 2.30 bits per heavy atom. The summed E-state index contributed by atoms with van der Waals surface area (Å²) in [4.78, 5) is 8.86. The molecule has 0 amide bonds. The second-order valence-electron chi connectivity index (χ2n) is 5.23. The zero-order valence-electron chi connectivity index (χ0n) is 12.3. The van der Waals surface area contributed by atoms with Crippen molar-refractivity contribution in [3.05, 3.63) is 23.0 Å². The van der Waals surface area contributed by atoms with Crippen LogP contribution in [-0.2, 0) is 16.0 Å². The summed E-state index contributed by atoms with van der Waals surface area (Å²) in [7, 11) is 5.75. The van der Waals surface area contributed by atoms with Gasteiger partial charge >= 0.3 is 0 Å². The fraction of sp³-hybridized carbons (Fsp3) is 0.643. The molecule has 0 aromatic carbocycles. The van der Waals surface area contributed by atoms with Gasteiger partial charge in [-0.05, 0) is 26.2 Å². The zero-order valence-corrected chi connectivity index (χ0v) is 13.1. The van der Waals surface area contributed by atoms with Gasteiger partial charge in [0.15, 0.2) is 0 Å². The van der Waals surface area contributed by atoms with Crippen molar-refractivity contribution in [1.82, 2.24) is 9.88 Å². The summed E-state index contributed by atoms with van der Waals surface area (Å²) in [5.74, 6) is 0. The predicted octanol–water partition coefficient (Wildman–Crippen LogP) is 1.65. The highest BCUT2D eigenvalue weighted by Crippen LogP contribution is 2.24. The number of pyridine rings is 1. The van der Waals surface area contributed by atoms with Crippen LogP contribution in [0, 0.1) is 0 Å².